The van der Waals surface area contributed by atoms with E-state index in [1.165, 1.54) is 7.11 Å². The summed E-state index contributed by atoms with van der Waals surface area (Å²) in [4.78, 5) is 26.0. The summed E-state index contributed by atoms with van der Waals surface area (Å²) in [6.45, 7) is 1.07. The SMILES string of the molecule is CNC(=O)C1CCCN(C(=O)c2cccc(OC)c2N)C1. The third kappa shape index (κ3) is 3.09. The van der Waals surface area contributed by atoms with E-state index in [4.69, 9.17) is 10.5 Å². The average molecular weight is 291 g/mol. The van der Waals surface area contributed by atoms with Gasteiger partial charge in [-0.05, 0) is 25.0 Å². The van der Waals surface area contributed by atoms with Crippen molar-refractivity contribution in [1.29, 1.82) is 0 Å². The lowest BCUT2D eigenvalue weighted by atomic mass is 9.96. The molecule has 1 atom stereocenters. The van der Waals surface area contributed by atoms with Crippen LogP contribution in [-0.2, 0) is 4.79 Å². The molecule has 6 nitrogen and oxygen atoms in total. The number of piperidine rings is 1. The van der Waals surface area contributed by atoms with Gasteiger partial charge in [-0.15, -0.1) is 0 Å². The molecule has 1 aromatic rings. The molecule has 114 valence electrons. The van der Waals surface area contributed by atoms with Crippen molar-refractivity contribution in [2.45, 2.75) is 12.8 Å². The largest absolute Gasteiger partial charge is 0.495 e. The van der Waals surface area contributed by atoms with Gasteiger partial charge in [0.05, 0.1) is 24.3 Å². The van der Waals surface area contributed by atoms with Crippen molar-refractivity contribution in [3.63, 3.8) is 0 Å². The minimum atomic E-state index is -0.153. The number of anilines is 1. The summed E-state index contributed by atoms with van der Waals surface area (Å²) in [5.41, 5.74) is 6.73. The fourth-order valence-corrected chi connectivity index (χ4v) is 2.66. The molecule has 1 aliphatic rings. The van der Waals surface area contributed by atoms with Crippen molar-refractivity contribution in [1.82, 2.24) is 10.2 Å². The number of hydrogen-bond donors (Lipinski definition) is 2. The molecule has 1 fully saturated rings. The van der Waals surface area contributed by atoms with Crippen LogP contribution in [0.3, 0.4) is 0 Å². The van der Waals surface area contributed by atoms with Crippen LogP contribution in [0.25, 0.3) is 0 Å². The molecule has 1 aliphatic heterocycles. The fraction of sp³-hybridized carbons (Fsp3) is 0.467. The molecule has 0 aliphatic carbocycles. The Hall–Kier alpha value is -2.24. The number of benzene rings is 1. The first-order valence-electron chi connectivity index (χ1n) is 7.01. The maximum atomic E-state index is 12.6. The van der Waals surface area contributed by atoms with Gasteiger partial charge in [-0.3, -0.25) is 9.59 Å². The van der Waals surface area contributed by atoms with E-state index < -0.39 is 0 Å². The van der Waals surface area contributed by atoms with E-state index in [1.54, 1.807) is 30.1 Å². The summed E-state index contributed by atoms with van der Waals surface area (Å²) in [6.07, 6.45) is 1.62. The summed E-state index contributed by atoms with van der Waals surface area (Å²) >= 11 is 0. The number of nitrogens with zero attached hydrogens (tertiary/aromatic N) is 1. The molecule has 6 heteroatoms. The van der Waals surface area contributed by atoms with Gasteiger partial charge in [0.15, 0.2) is 0 Å². The Bertz CT molecular complexity index is 545. The molecule has 1 heterocycles. The summed E-state index contributed by atoms with van der Waals surface area (Å²) < 4.78 is 5.14. The highest BCUT2D eigenvalue weighted by molar-refractivity contribution is 6.00. The Morgan fingerprint density at radius 1 is 1.43 bits per heavy atom. The van der Waals surface area contributed by atoms with Gasteiger partial charge in [-0.1, -0.05) is 6.07 Å². The summed E-state index contributed by atoms with van der Waals surface area (Å²) in [7, 11) is 3.13. The molecule has 21 heavy (non-hydrogen) atoms. The van der Waals surface area contributed by atoms with E-state index in [-0.39, 0.29) is 17.7 Å². The molecule has 2 amide bonds. The van der Waals surface area contributed by atoms with Crippen LogP contribution in [0.1, 0.15) is 23.2 Å². The van der Waals surface area contributed by atoms with Crippen LogP contribution in [-0.4, -0.2) is 44.0 Å². The Morgan fingerprint density at radius 3 is 2.86 bits per heavy atom. The predicted molar refractivity (Wildman–Crippen MR) is 80.1 cm³/mol. The second kappa shape index (κ2) is 6.47. The van der Waals surface area contributed by atoms with Gasteiger partial charge < -0.3 is 20.7 Å². The van der Waals surface area contributed by atoms with Gasteiger partial charge in [0.25, 0.3) is 5.91 Å². The molecular formula is C15H21N3O3. The van der Waals surface area contributed by atoms with Crippen molar-refractivity contribution in [2.75, 3.05) is 33.0 Å². The lowest BCUT2D eigenvalue weighted by Gasteiger charge is -2.32. The van der Waals surface area contributed by atoms with Crippen molar-refractivity contribution in [3.8, 4) is 5.75 Å². The molecule has 2 rings (SSSR count). The molecule has 3 N–H and O–H groups in total. The Balaban J connectivity index is 2.18. The van der Waals surface area contributed by atoms with Crippen LogP contribution in [0, 0.1) is 5.92 Å². The number of ether oxygens (including phenoxy) is 1. The monoisotopic (exact) mass is 291 g/mol. The fourth-order valence-electron chi connectivity index (χ4n) is 2.66. The average Bonchev–Trinajstić information content (AvgIpc) is 2.53. The lowest BCUT2D eigenvalue weighted by molar-refractivity contribution is -0.125. The second-order valence-electron chi connectivity index (χ2n) is 5.13. The lowest BCUT2D eigenvalue weighted by Crippen LogP contribution is -2.45. The van der Waals surface area contributed by atoms with E-state index >= 15 is 0 Å². The molecule has 0 bridgehead atoms. The number of nitrogens with one attached hydrogen (secondary N) is 1. The quantitative estimate of drug-likeness (QED) is 0.810. The topological polar surface area (TPSA) is 84.7 Å². The number of nitrogen functional groups attached to an aromatic ring is 1. The number of likely N-dealkylation sites (tertiary alicyclic amines) is 1. The van der Waals surface area contributed by atoms with Gasteiger partial charge in [0.1, 0.15) is 5.75 Å². The van der Waals surface area contributed by atoms with Crippen LogP contribution < -0.4 is 15.8 Å². The predicted octanol–water partition coefficient (Wildman–Crippen LogP) is 0.876. The Morgan fingerprint density at radius 2 is 2.19 bits per heavy atom. The number of amides is 2. The first kappa shape index (κ1) is 15.2. The molecular weight excluding hydrogens is 270 g/mol. The minimum absolute atomic E-state index is 0.0221. The molecule has 0 radical (unpaired) electrons. The highest BCUT2D eigenvalue weighted by Gasteiger charge is 2.29. The number of methoxy groups -OCH3 is 1. The third-order valence-electron chi connectivity index (χ3n) is 3.84. The van der Waals surface area contributed by atoms with Gasteiger partial charge in [0.2, 0.25) is 5.91 Å². The smallest absolute Gasteiger partial charge is 0.256 e. The van der Waals surface area contributed by atoms with E-state index in [1.807, 2.05) is 0 Å². The molecule has 1 aromatic carbocycles. The van der Waals surface area contributed by atoms with Gasteiger partial charge in [-0.2, -0.15) is 0 Å². The normalized spacial score (nSPS) is 18.2. The Kier molecular flexibility index (Phi) is 4.67. The molecule has 0 spiro atoms. The summed E-state index contributed by atoms with van der Waals surface area (Å²) in [6, 6.07) is 5.14. The van der Waals surface area contributed by atoms with E-state index in [0.29, 0.717) is 30.1 Å². The van der Waals surface area contributed by atoms with E-state index in [9.17, 15) is 9.59 Å². The van der Waals surface area contributed by atoms with Crippen LogP contribution >= 0.6 is 0 Å². The highest BCUT2D eigenvalue weighted by atomic mass is 16.5. The van der Waals surface area contributed by atoms with Crippen LogP contribution in [0.2, 0.25) is 0 Å². The van der Waals surface area contributed by atoms with Crippen molar-refractivity contribution >= 4 is 17.5 Å². The summed E-state index contributed by atoms with van der Waals surface area (Å²) in [5, 5.41) is 2.64. The number of hydrogen-bond acceptors (Lipinski definition) is 4. The van der Waals surface area contributed by atoms with Crippen LogP contribution in [0.5, 0.6) is 5.75 Å². The number of nitrogens with two attached hydrogens (primary N) is 1. The molecule has 0 saturated carbocycles. The third-order valence-corrected chi connectivity index (χ3v) is 3.84. The van der Waals surface area contributed by atoms with Gasteiger partial charge in [0, 0.05) is 20.1 Å². The molecule has 1 saturated heterocycles. The highest BCUT2D eigenvalue weighted by Crippen LogP contribution is 2.27. The number of carbonyl (C=O) groups excluding carboxylic acids is 2. The van der Waals surface area contributed by atoms with Crippen molar-refractivity contribution in [3.05, 3.63) is 23.8 Å². The zero-order chi connectivity index (χ0) is 15.4. The first-order valence-corrected chi connectivity index (χ1v) is 7.01. The number of para-hydroxylation sites is 1. The van der Waals surface area contributed by atoms with Gasteiger partial charge >= 0.3 is 0 Å². The number of rotatable bonds is 3. The molecule has 1 unspecified atom stereocenters. The molecule has 0 aromatic heterocycles. The number of carbonyl (C=O) groups is 2. The van der Waals surface area contributed by atoms with Crippen LogP contribution in [0.15, 0.2) is 18.2 Å². The van der Waals surface area contributed by atoms with Gasteiger partial charge in [-0.25, -0.2) is 0 Å². The Labute approximate surface area is 124 Å². The van der Waals surface area contributed by atoms with Crippen LogP contribution in [0.4, 0.5) is 5.69 Å². The van der Waals surface area contributed by atoms with Crippen molar-refractivity contribution in [2.24, 2.45) is 5.92 Å². The zero-order valence-corrected chi connectivity index (χ0v) is 12.4. The van der Waals surface area contributed by atoms with E-state index in [2.05, 4.69) is 5.32 Å². The second-order valence-corrected chi connectivity index (χ2v) is 5.13. The minimum Gasteiger partial charge on any atom is -0.495 e. The summed E-state index contributed by atoms with van der Waals surface area (Å²) in [5.74, 6) is 0.159. The standard InChI is InChI=1S/C15H21N3O3/c1-17-14(19)10-5-4-8-18(9-10)15(20)11-6-3-7-12(21-2)13(11)16/h3,6-7,10H,4-5,8-9,16H2,1-2H3,(H,17,19). The van der Waals surface area contributed by atoms with E-state index in [0.717, 1.165) is 12.8 Å². The van der Waals surface area contributed by atoms with Crippen molar-refractivity contribution < 1.29 is 14.3 Å². The first-order chi connectivity index (χ1) is 10.1. The maximum Gasteiger partial charge on any atom is 0.256 e. The zero-order valence-electron chi connectivity index (χ0n) is 12.4. The maximum absolute atomic E-state index is 12.6.